The molecule has 0 bridgehead atoms. The number of ether oxygens (including phenoxy) is 6. The van der Waals surface area contributed by atoms with Crippen molar-refractivity contribution < 1.29 is 57.5 Å². The number of hydrogen-bond donors (Lipinski definition) is 1. The number of carbonyl (C=O) groups excluding carboxylic acids is 5. The zero-order chi connectivity index (χ0) is 50.3. The topological polar surface area (TPSA) is 164 Å². The molecular formula is C56H99NO12. The predicted octanol–water partition coefficient (Wildman–Crippen LogP) is 12.9. The van der Waals surface area contributed by atoms with Gasteiger partial charge in [-0.2, -0.15) is 0 Å². The molecule has 0 aromatic heterocycles. The lowest BCUT2D eigenvalue weighted by Crippen LogP contribution is -2.41. The summed E-state index contributed by atoms with van der Waals surface area (Å²) in [6, 6.07) is 0.356. The van der Waals surface area contributed by atoms with Gasteiger partial charge in [0.05, 0.1) is 25.7 Å². The Morgan fingerprint density at radius 2 is 0.899 bits per heavy atom. The molecule has 0 aliphatic heterocycles. The van der Waals surface area contributed by atoms with E-state index in [-0.39, 0.29) is 82.9 Å². The molecule has 1 rings (SSSR count). The molecule has 0 aromatic carbocycles. The normalized spacial score (nSPS) is 13.6. The third kappa shape index (κ3) is 39.9. The zero-order valence-corrected chi connectivity index (χ0v) is 43.9. The van der Waals surface area contributed by atoms with Crippen LogP contribution in [-0.2, 0) is 47.6 Å². The Morgan fingerprint density at radius 3 is 1.41 bits per heavy atom. The lowest BCUT2D eigenvalue weighted by molar-refractivity contribution is -0.152. The maximum Gasteiger partial charge on any atom is 0.508 e. The van der Waals surface area contributed by atoms with Gasteiger partial charge in [0.2, 0.25) is 0 Å². The fraction of sp³-hybridized carbons (Fsp3) is 0.839. The number of rotatable bonds is 46. The number of aliphatic hydroxyl groups is 1. The van der Waals surface area contributed by atoms with Crippen molar-refractivity contribution in [2.75, 3.05) is 59.3 Å². The first-order chi connectivity index (χ1) is 33.7. The summed E-state index contributed by atoms with van der Waals surface area (Å²) in [7, 11) is 0. The number of hydrogen-bond acceptors (Lipinski definition) is 13. The summed E-state index contributed by atoms with van der Waals surface area (Å²) in [5.74, 6) is -2.26. The van der Waals surface area contributed by atoms with Crippen molar-refractivity contribution in [3.8, 4) is 0 Å². The van der Waals surface area contributed by atoms with E-state index in [0.717, 1.165) is 135 Å². The maximum absolute atomic E-state index is 13.0. The van der Waals surface area contributed by atoms with E-state index in [9.17, 15) is 29.1 Å². The molecule has 0 aromatic rings. The Hall–Kier alpha value is -3.45. The molecule has 0 heterocycles. The molecule has 1 saturated carbocycles. The molecule has 69 heavy (non-hydrogen) atoms. The molecule has 13 nitrogen and oxygen atoms in total. The fourth-order valence-corrected chi connectivity index (χ4v) is 8.38. The molecule has 1 unspecified atom stereocenters. The number of unbranched alkanes of at least 4 members (excludes halogenated alkanes) is 16. The Kier molecular flexibility index (Phi) is 43.2. The first-order valence-electron chi connectivity index (χ1n) is 27.8. The van der Waals surface area contributed by atoms with Crippen LogP contribution in [0.5, 0.6) is 0 Å². The van der Waals surface area contributed by atoms with Crippen molar-refractivity contribution in [2.45, 2.75) is 232 Å². The quantitative estimate of drug-likeness (QED) is 0.0265. The lowest BCUT2D eigenvalue weighted by atomic mass is 9.94. The molecule has 1 aliphatic rings. The molecule has 0 amide bonds. The average Bonchev–Trinajstić information content (AvgIpc) is 3.35. The monoisotopic (exact) mass is 978 g/mol. The van der Waals surface area contributed by atoms with E-state index in [0.29, 0.717) is 51.2 Å². The van der Waals surface area contributed by atoms with Crippen molar-refractivity contribution >= 4 is 30.0 Å². The minimum absolute atomic E-state index is 0.0275. The van der Waals surface area contributed by atoms with Crippen LogP contribution in [0.4, 0.5) is 4.79 Å². The second-order valence-corrected chi connectivity index (χ2v) is 19.1. The van der Waals surface area contributed by atoms with Crippen LogP contribution in [-0.4, -0.2) is 105 Å². The van der Waals surface area contributed by atoms with E-state index < -0.39 is 18.0 Å². The zero-order valence-electron chi connectivity index (χ0n) is 43.9. The van der Waals surface area contributed by atoms with Gasteiger partial charge >= 0.3 is 30.0 Å². The number of aliphatic hydroxyl groups excluding tert-OH is 1. The van der Waals surface area contributed by atoms with E-state index >= 15 is 0 Å². The molecule has 400 valence electrons. The molecule has 1 atom stereocenters. The van der Waals surface area contributed by atoms with Gasteiger partial charge in [-0.1, -0.05) is 148 Å². The summed E-state index contributed by atoms with van der Waals surface area (Å²) in [6.45, 7) is 7.44. The predicted molar refractivity (Wildman–Crippen MR) is 274 cm³/mol. The summed E-state index contributed by atoms with van der Waals surface area (Å²) >= 11 is 0. The Balaban J connectivity index is 2.67. The molecule has 13 heteroatoms. The van der Waals surface area contributed by atoms with Gasteiger partial charge in [-0.3, -0.25) is 24.1 Å². The molecule has 0 radical (unpaired) electrons. The van der Waals surface area contributed by atoms with Crippen molar-refractivity contribution in [2.24, 2.45) is 11.8 Å². The largest absolute Gasteiger partial charge is 0.508 e. The fourth-order valence-electron chi connectivity index (χ4n) is 8.38. The Morgan fingerprint density at radius 1 is 0.478 bits per heavy atom. The van der Waals surface area contributed by atoms with Crippen LogP contribution in [0.25, 0.3) is 0 Å². The summed E-state index contributed by atoms with van der Waals surface area (Å²) in [5, 5.41) is 9.60. The van der Waals surface area contributed by atoms with Crippen LogP contribution in [0.15, 0.2) is 24.3 Å². The Labute approximate surface area is 418 Å². The van der Waals surface area contributed by atoms with E-state index in [1.54, 1.807) is 0 Å². The number of esters is 4. The van der Waals surface area contributed by atoms with Crippen molar-refractivity contribution in [1.82, 2.24) is 4.90 Å². The highest BCUT2D eigenvalue weighted by Gasteiger charge is 2.23. The van der Waals surface area contributed by atoms with Crippen LogP contribution in [0, 0.1) is 11.8 Å². The highest BCUT2D eigenvalue weighted by molar-refractivity contribution is 5.70. The molecule has 0 saturated heterocycles. The molecular weight excluding hydrogens is 879 g/mol. The minimum atomic E-state index is -0.865. The van der Waals surface area contributed by atoms with Crippen LogP contribution < -0.4 is 0 Å². The van der Waals surface area contributed by atoms with E-state index in [2.05, 4.69) is 50.0 Å². The summed E-state index contributed by atoms with van der Waals surface area (Å²) in [6.07, 6.45) is 37.8. The van der Waals surface area contributed by atoms with Gasteiger partial charge in [-0.15, -0.1) is 0 Å². The van der Waals surface area contributed by atoms with Gasteiger partial charge in [0.15, 0.2) is 0 Å². The van der Waals surface area contributed by atoms with Crippen LogP contribution >= 0.6 is 0 Å². The van der Waals surface area contributed by atoms with Gasteiger partial charge in [0, 0.05) is 50.7 Å². The smallest absolute Gasteiger partial charge is 0.465 e. The van der Waals surface area contributed by atoms with Gasteiger partial charge in [-0.05, 0) is 77.0 Å². The summed E-state index contributed by atoms with van der Waals surface area (Å²) < 4.78 is 33.2. The third-order valence-corrected chi connectivity index (χ3v) is 12.7. The number of allylic oxidation sites excluding steroid dienone is 4. The van der Waals surface area contributed by atoms with Crippen molar-refractivity contribution in [3.63, 3.8) is 0 Å². The average molecular weight is 978 g/mol. The third-order valence-electron chi connectivity index (χ3n) is 12.7. The van der Waals surface area contributed by atoms with Gasteiger partial charge in [-0.25, -0.2) is 4.79 Å². The highest BCUT2D eigenvalue weighted by atomic mass is 16.7. The van der Waals surface area contributed by atoms with Crippen LogP contribution in [0.1, 0.15) is 226 Å². The molecule has 0 spiro atoms. The minimum Gasteiger partial charge on any atom is -0.465 e. The molecule has 1 fully saturated rings. The van der Waals surface area contributed by atoms with Gasteiger partial charge < -0.3 is 33.5 Å². The summed E-state index contributed by atoms with van der Waals surface area (Å²) in [4.78, 5) is 65.6. The van der Waals surface area contributed by atoms with E-state index in [1.165, 1.54) is 25.7 Å². The standard InChI is InChI=1S/C56H99NO12/c1-4-7-10-13-14-15-16-17-18-19-20-21-22-25-31-38-54(61)67-46-50(48-69-56(63)64-43-41-57(40-42-58)51-34-27-26-28-35-51)47-68-55(62)39-32-33-49(44-65-52(59)36-29-23-11-8-5-2)45-66-53(60)37-30-24-12-9-6-3/h14-15,17-18,49-51,58H,4-13,16,19-48H2,1-3H3/b15-14-,18-17-. The first kappa shape index (κ1) is 63.6. The Bertz CT molecular complexity index is 1300. The SMILES string of the molecule is CCCCC/C=C\C/C=C\CCCCCCCC(=O)OCC(COC(=O)CCCC(COC(=O)CCCCCCC)COC(=O)CCCCCCC)COC(=O)OCCN(CCO)C1CCCCC1. The maximum atomic E-state index is 13.0. The molecule has 1 aliphatic carbocycles. The lowest BCUT2D eigenvalue weighted by Gasteiger charge is -2.33. The first-order valence-corrected chi connectivity index (χ1v) is 27.8. The van der Waals surface area contributed by atoms with Crippen LogP contribution in [0.2, 0.25) is 0 Å². The van der Waals surface area contributed by atoms with Crippen LogP contribution in [0.3, 0.4) is 0 Å². The van der Waals surface area contributed by atoms with Gasteiger partial charge in [0.1, 0.15) is 26.4 Å². The van der Waals surface area contributed by atoms with E-state index in [4.69, 9.17) is 28.4 Å². The van der Waals surface area contributed by atoms with Crippen molar-refractivity contribution in [3.05, 3.63) is 24.3 Å². The van der Waals surface area contributed by atoms with Gasteiger partial charge in [0.25, 0.3) is 0 Å². The number of carbonyl (C=O) groups is 5. The highest BCUT2D eigenvalue weighted by Crippen LogP contribution is 2.22. The van der Waals surface area contributed by atoms with E-state index in [1.807, 2.05) is 0 Å². The summed E-state index contributed by atoms with van der Waals surface area (Å²) in [5.41, 5.74) is 0. The second kappa shape index (κ2) is 46.9. The van der Waals surface area contributed by atoms with Crippen molar-refractivity contribution in [1.29, 1.82) is 0 Å². The second-order valence-electron chi connectivity index (χ2n) is 19.1. The molecule has 1 N–H and O–H groups in total. The number of nitrogens with zero attached hydrogens (tertiary/aromatic N) is 1.